The van der Waals surface area contributed by atoms with Crippen molar-refractivity contribution in [2.45, 2.75) is 58.5 Å². The summed E-state index contributed by atoms with van der Waals surface area (Å²) in [5.41, 5.74) is 1.20. The fourth-order valence-electron chi connectivity index (χ4n) is 3.03. The Bertz CT molecular complexity index is 568. The van der Waals surface area contributed by atoms with Crippen LogP contribution in [0.15, 0.2) is 24.3 Å². The summed E-state index contributed by atoms with van der Waals surface area (Å²) in [5.74, 6) is 0.287. The molecule has 1 aromatic carbocycles. The van der Waals surface area contributed by atoms with E-state index in [1.54, 1.807) is 24.3 Å². The smallest absolute Gasteiger partial charge is 0.253 e. The van der Waals surface area contributed by atoms with Crippen LogP contribution < -0.4 is 10.6 Å². The van der Waals surface area contributed by atoms with E-state index in [1.165, 1.54) is 12.8 Å². The second-order valence-corrected chi connectivity index (χ2v) is 6.70. The van der Waals surface area contributed by atoms with Gasteiger partial charge in [-0.25, -0.2) is 0 Å². The zero-order valence-corrected chi connectivity index (χ0v) is 15.3. The molecule has 0 radical (unpaired) electrons. The number of carbonyl (C=O) groups excluding carboxylic acids is 2. The van der Waals surface area contributed by atoms with E-state index in [9.17, 15) is 9.59 Å². The lowest BCUT2D eigenvalue weighted by Gasteiger charge is -2.16. The van der Waals surface area contributed by atoms with Crippen LogP contribution in [-0.2, 0) is 9.53 Å². The molecule has 5 nitrogen and oxygen atoms in total. The molecule has 0 aromatic heterocycles. The number of carbonyl (C=O) groups is 2. The van der Waals surface area contributed by atoms with Gasteiger partial charge in [-0.2, -0.15) is 0 Å². The zero-order chi connectivity index (χ0) is 18.1. The van der Waals surface area contributed by atoms with E-state index in [-0.39, 0.29) is 17.9 Å². The third-order valence-corrected chi connectivity index (χ3v) is 4.71. The molecule has 2 atom stereocenters. The van der Waals surface area contributed by atoms with Crippen molar-refractivity contribution in [1.29, 1.82) is 0 Å². The number of anilines is 1. The highest BCUT2D eigenvalue weighted by Gasteiger charge is 2.23. The average molecular weight is 346 g/mol. The molecule has 1 aliphatic heterocycles. The maximum absolute atomic E-state index is 12.4. The average Bonchev–Trinajstić information content (AvgIpc) is 3.17. The maximum Gasteiger partial charge on any atom is 0.253 e. The lowest BCUT2D eigenvalue weighted by atomic mass is 9.99. The number of unbranched alkanes of at least 4 members (excludes halogenated alkanes) is 1. The summed E-state index contributed by atoms with van der Waals surface area (Å²) in [5, 5.41) is 5.86. The van der Waals surface area contributed by atoms with Crippen molar-refractivity contribution in [2.75, 3.05) is 18.5 Å². The van der Waals surface area contributed by atoms with Crippen LogP contribution in [-0.4, -0.2) is 31.1 Å². The van der Waals surface area contributed by atoms with E-state index in [4.69, 9.17) is 4.74 Å². The number of benzene rings is 1. The highest BCUT2D eigenvalue weighted by Crippen LogP contribution is 2.17. The number of nitrogens with one attached hydrogen (secondary N) is 2. The van der Waals surface area contributed by atoms with Gasteiger partial charge in [0.15, 0.2) is 0 Å². The van der Waals surface area contributed by atoms with Crippen molar-refractivity contribution < 1.29 is 14.3 Å². The maximum atomic E-state index is 12.4. The van der Waals surface area contributed by atoms with Gasteiger partial charge in [0, 0.05) is 24.4 Å². The molecule has 0 saturated carbocycles. The van der Waals surface area contributed by atoms with Crippen LogP contribution in [0.3, 0.4) is 0 Å². The summed E-state index contributed by atoms with van der Waals surface area (Å²) in [7, 11) is 0. The molecule has 2 N–H and O–H groups in total. The lowest BCUT2D eigenvalue weighted by Crippen LogP contribution is -2.29. The molecular formula is C20H30N2O3. The van der Waals surface area contributed by atoms with Crippen molar-refractivity contribution >= 4 is 17.5 Å². The molecule has 0 spiro atoms. The van der Waals surface area contributed by atoms with E-state index >= 15 is 0 Å². The first-order chi connectivity index (χ1) is 12.1. The topological polar surface area (TPSA) is 67.4 Å². The molecule has 2 rings (SSSR count). The SMILES string of the molecule is CCCC[C@@H](CC)CNC(=O)c1cccc(NC(=O)[C@H]2CCCO2)c1. The van der Waals surface area contributed by atoms with E-state index in [1.807, 2.05) is 0 Å². The molecule has 1 aliphatic rings. The van der Waals surface area contributed by atoms with Gasteiger partial charge in [0.25, 0.3) is 11.8 Å². The van der Waals surface area contributed by atoms with E-state index in [2.05, 4.69) is 24.5 Å². The predicted octanol–water partition coefficient (Wildman–Crippen LogP) is 3.75. The predicted molar refractivity (Wildman–Crippen MR) is 99.7 cm³/mol. The molecule has 1 fully saturated rings. The molecule has 0 aliphatic carbocycles. The first kappa shape index (κ1) is 19.4. The molecule has 0 bridgehead atoms. The summed E-state index contributed by atoms with van der Waals surface area (Å²) in [4.78, 5) is 24.5. The van der Waals surface area contributed by atoms with Crippen molar-refractivity contribution in [2.24, 2.45) is 5.92 Å². The van der Waals surface area contributed by atoms with Gasteiger partial charge in [0.1, 0.15) is 6.10 Å². The quantitative estimate of drug-likeness (QED) is 0.715. The molecule has 25 heavy (non-hydrogen) atoms. The molecule has 1 aromatic rings. The van der Waals surface area contributed by atoms with Crippen LogP contribution in [0.1, 0.15) is 62.7 Å². The van der Waals surface area contributed by atoms with Gasteiger partial charge < -0.3 is 15.4 Å². The minimum atomic E-state index is -0.374. The molecule has 138 valence electrons. The fraction of sp³-hybridized carbons (Fsp3) is 0.600. The molecule has 2 amide bonds. The number of hydrogen-bond donors (Lipinski definition) is 2. The van der Waals surface area contributed by atoms with Crippen LogP contribution >= 0.6 is 0 Å². The van der Waals surface area contributed by atoms with Gasteiger partial charge in [0.2, 0.25) is 0 Å². The summed E-state index contributed by atoms with van der Waals surface area (Å²) in [6.45, 7) is 5.68. The van der Waals surface area contributed by atoms with Gasteiger partial charge in [-0.3, -0.25) is 9.59 Å². The Morgan fingerprint density at radius 2 is 2.16 bits per heavy atom. The highest BCUT2D eigenvalue weighted by molar-refractivity contribution is 5.98. The summed E-state index contributed by atoms with van der Waals surface area (Å²) < 4.78 is 5.38. The third-order valence-electron chi connectivity index (χ3n) is 4.71. The van der Waals surface area contributed by atoms with Crippen LogP contribution in [0.25, 0.3) is 0 Å². The Labute approximate surface area is 150 Å². The third kappa shape index (κ3) is 6.16. The summed E-state index contributed by atoms with van der Waals surface area (Å²) in [6.07, 6.45) is 5.87. The standard InChI is InChI=1S/C20H30N2O3/c1-3-5-8-15(4-2)14-21-19(23)16-9-6-10-17(13-16)22-20(24)18-11-7-12-25-18/h6,9-10,13,15,18H,3-5,7-8,11-12,14H2,1-2H3,(H,21,23)(H,22,24)/t15-,18-/m1/s1. The Balaban J connectivity index is 1.88. The van der Waals surface area contributed by atoms with Gasteiger partial charge in [0.05, 0.1) is 0 Å². The monoisotopic (exact) mass is 346 g/mol. The van der Waals surface area contributed by atoms with Gasteiger partial charge in [-0.15, -0.1) is 0 Å². The normalized spacial score (nSPS) is 17.9. The van der Waals surface area contributed by atoms with Crippen molar-refractivity contribution in [3.63, 3.8) is 0 Å². The van der Waals surface area contributed by atoms with Crippen LogP contribution in [0, 0.1) is 5.92 Å². The van der Waals surface area contributed by atoms with E-state index < -0.39 is 0 Å². The Hall–Kier alpha value is -1.88. The largest absolute Gasteiger partial charge is 0.368 e. The molecule has 1 saturated heterocycles. The Morgan fingerprint density at radius 3 is 2.84 bits per heavy atom. The van der Waals surface area contributed by atoms with Crippen LogP contribution in [0.2, 0.25) is 0 Å². The molecule has 1 heterocycles. The fourth-order valence-corrected chi connectivity index (χ4v) is 3.03. The summed E-state index contributed by atoms with van der Waals surface area (Å²) >= 11 is 0. The van der Waals surface area contributed by atoms with Crippen molar-refractivity contribution in [3.8, 4) is 0 Å². The summed E-state index contributed by atoms with van der Waals surface area (Å²) in [6, 6.07) is 7.06. The van der Waals surface area contributed by atoms with Crippen molar-refractivity contribution in [1.82, 2.24) is 5.32 Å². The molecular weight excluding hydrogens is 316 g/mol. The van der Waals surface area contributed by atoms with Gasteiger partial charge in [-0.1, -0.05) is 39.2 Å². The Morgan fingerprint density at radius 1 is 1.32 bits per heavy atom. The number of ether oxygens (including phenoxy) is 1. The number of rotatable bonds is 9. The highest BCUT2D eigenvalue weighted by atomic mass is 16.5. The first-order valence-electron chi connectivity index (χ1n) is 9.44. The van der Waals surface area contributed by atoms with Gasteiger partial charge >= 0.3 is 0 Å². The Kier molecular flexibility index (Phi) is 7.92. The second-order valence-electron chi connectivity index (χ2n) is 6.70. The number of hydrogen-bond acceptors (Lipinski definition) is 3. The minimum absolute atomic E-state index is 0.0943. The molecule has 5 heteroatoms. The molecule has 0 unspecified atom stereocenters. The second kappa shape index (κ2) is 10.2. The number of amides is 2. The lowest BCUT2D eigenvalue weighted by molar-refractivity contribution is -0.124. The van der Waals surface area contributed by atoms with E-state index in [0.717, 1.165) is 25.7 Å². The first-order valence-corrected chi connectivity index (χ1v) is 9.44. The van der Waals surface area contributed by atoms with Gasteiger partial charge in [-0.05, 0) is 43.4 Å². The van der Waals surface area contributed by atoms with E-state index in [0.29, 0.717) is 30.3 Å². The zero-order valence-electron chi connectivity index (χ0n) is 15.3. The minimum Gasteiger partial charge on any atom is -0.368 e. The van der Waals surface area contributed by atoms with Crippen LogP contribution in [0.5, 0.6) is 0 Å². The van der Waals surface area contributed by atoms with Crippen LogP contribution in [0.4, 0.5) is 5.69 Å². The van der Waals surface area contributed by atoms with Crippen molar-refractivity contribution in [3.05, 3.63) is 29.8 Å².